The van der Waals surface area contributed by atoms with E-state index in [0.717, 1.165) is 17.7 Å². The Bertz CT molecular complexity index is 518. The van der Waals surface area contributed by atoms with Gasteiger partial charge >= 0.3 is 6.03 Å². The number of carbonyl (C=O) groups excluding carboxylic acids is 2. The number of nitrogens with zero attached hydrogens (tertiary/aromatic N) is 1. The van der Waals surface area contributed by atoms with E-state index in [2.05, 4.69) is 10.6 Å². The van der Waals surface area contributed by atoms with Gasteiger partial charge in [0.1, 0.15) is 5.54 Å². The number of aryl methyl sites for hydroxylation is 1. The molecule has 3 rings (SSSR count). The molecule has 0 saturated carbocycles. The number of nitrogens with one attached hydrogen (secondary N) is 2. The van der Waals surface area contributed by atoms with E-state index < -0.39 is 5.54 Å². The van der Waals surface area contributed by atoms with Crippen molar-refractivity contribution in [1.82, 2.24) is 15.5 Å². The second kappa shape index (κ2) is 4.35. The van der Waals surface area contributed by atoms with Crippen LogP contribution < -0.4 is 10.6 Å². The van der Waals surface area contributed by atoms with Gasteiger partial charge in [-0.05, 0) is 25.5 Å². The van der Waals surface area contributed by atoms with Crippen molar-refractivity contribution in [3.05, 3.63) is 35.4 Å². The zero-order valence-electron chi connectivity index (χ0n) is 10.9. The summed E-state index contributed by atoms with van der Waals surface area (Å²) in [5.41, 5.74) is 1.43. The highest BCUT2D eigenvalue weighted by Gasteiger charge is 2.52. The standard InChI is InChI=1S/C14H17N3O2/c1-10-2-4-11(5-3-10)8-17-12(18)14(16-13(17)19)6-7-15-9-14/h2-5,15H,6-9H2,1H3,(H,16,19). The molecule has 2 heterocycles. The molecule has 5 heteroatoms. The molecule has 100 valence electrons. The van der Waals surface area contributed by atoms with E-state index in [-0.39, 0.29) is 11.9 Å². The van der Waals surface area contributed by atoms with Gasteiger partial charge in [-0.2, -0.15) is 0 Å². The van der Waals surface area contributed by atoms with Gasteiger partial charge in [0.05, 0.1) is 6.54 Å². The molecular formula is C14H17N3O2. The molecule has 2 aliphatic rings. The molecule has 1 atom stereocenters. The van der Waals surface area contributed by atoms with E-state index in [1.807, 2.05) is 31.2 Å². The van der Waals surface area contributed by atoms with Crippen LogP contribution in [0.3, 0.4) is 0 Å². The van der Waals surface area contributed by atoms with Gasteiger partial charge in [-0.1, -0.05) is 29.8 Å². The monoisotopic (exact) mass is 259 g/mol. The summed E-state index contributed by atoms with van der Waals surface area (Å²) in [6.07, 6.45) is 0.669. The Morgan fingerprint density at radius 2 is 2.00 bits per heavy atom. The third kappa shape index (κ3) is 2.00. The largest absolute Gasteiger partial charge is 0.325 e. The lowest BCUT2D eigenvalue weighted by atomic mass is 9.99. The highest BCUT2D eigenvalue weighted by molar-refractivity contribution is 6.07. The summed E-state index contributed by atoms with van der Waals surface area (Å²) >= 11 is 0. The third-order valence-corrected chi connectivity index (χ3v) is 3.86. The first-order chi connectivity index (χ1) is 9.11. The molecule has 19 heavy (non-hydrogen) atoms. The SMILES string of the molecule is Cc1ccc(CN2C(=O)NC3(CCNC3)C2=O)cc1. The molecule has 1 aromatic carbocycles. The Morgan fingerprint density at radius 1 is 1.26 bits per heavy atom. The van der Waals surface area contributed by atoms with Crippen LogP contribution in [0.1, 0.15) is 17.5 Å². The fourth-order valence-corrected chi connectivity index (χ4v) is 2.68. The number of urea groups is 1. The van der Waals surface area contributed by atoms with Gasteiger partial charge in [-0.15, -0.1) is 0 Å². The van der Waals surface area contributed by atoms with E-state index in [4.69, 9.17) is 0 Å². The zero-order chi connectivity index (χ0) is 13.5. The fourth-order valence-electron chi connectivity index (χ4n) is 2.68. The first-order valence-electron chi connectivity index (χ1n) is 6.51. The molecule has 2 aliphatic heterocycles. The maximum Gasteiger partial charge on any atom is 0.325 e. The van der Waals surface area contributed by atoms with E-state index in [1.165, 1.54) is 4.90 Å². The van der Waals surface area contributed by atoms with Crippen molar-refractivity contribution in [2.45, 2.75) is 25.4 Å². The topological polar surface area (TPSA) is 61.4 Å². The average molecular weight is 259 g/mol. The van der Waals surface area contributed by atoms with Gasteiger partial charge in [-0.3, -0.25) is 9.69 Å². The number of rotatable bonds is 2. The number of hydrogen-bond donors (Lipinski definition) is 2. The van der Waals surface area contributed by atoms with Crippen LogP contribution in [0, 0.1) is 6.92 Å². The second-order valence-corrected chi connectivity index (χ2v) is 5.32. The first-order valence-corrected chi connectivity index (χ1v) is 6.51. The molecule has 2 N–H and O–H groups in total. The lowest BCUT2D eigenvalue weighted by molar-refractivity contribution is -0.131. The summed E-state index contributed by atoms with van der Waals surface area (Å²) < 4.78 is 0. The van der Waals surface area contributed by atoms with Crippen LogP contribution in [0.4, 0.5) is 4.79 Å². The molecule has 0 radical (unpaired) electrons. The van der Waals surface area contributed by atoms with Gasteiger partial charge < -0.3 is 10.6 Å². The summed E-state index contributed by atoms with van der Waals surface area (Å²) in [5, 5.41) is 5.97. The van der Waals surface area contributed by atoms with Crippen LogP contribution in [0.15, 0.2) is 24.3 Å². The van der Waals surface area contributed by atoms with E-state index in [1.54, 1.807) is 0 Å². The Labute approximate surface area is 112 Å². The molecule has 5 nitrogen and oxygen atoms in total. The fraction of sp³-hybridized carbons (Fsp3) is 0.429. The molecule has 0 aliphatic carbocycles. The lowest BCUT2D eigenvalue weighted by Gasteiger charge is -2.19. The van der Waals surface area contributed by atoms with Gasteiger partial charge in [0.25, 0.3) is 5.91 Å². The van der Waals surface area contributed by atoms with Gasteiger partial charge in [0.2, 0.25) is 0 Å². The molecule has 2 saturated heterocycles. The Morgan fingerprint density at radius 3 is 2.63 bits per heavy atom. The molecule has 0 bridgehead atoms. The van der Waals surface area contributed by atoms with Gasteiger partial charge in [0, 0.05) is 6.54 Å². The molecule has 1 aromatic rings. The van der Waals surface area contributed by atoms with Crippen LogP contribution in [0.5, 0.6) is 0 Å². The Kier molecular flexibility index (Phi) is 2.78. The highest BCUT2D eigenvalue weighted by Crippen LogP contribution is 2.25. The number of imide groups is 1. The predicted molar refractivity (Wildman–Crippen MR) is 70.5 cm³/mol. The molecule has 1 unspecified atom stereocenters. The van der Waals surface area contributed by atoms with Crippen molar-refractivity contribution in [2.24, 2.45) is 0 Å². The quantitative estimate of drug-likeness (QED) is 0.772. The van der Waals surface area contributed by atoms with Crippen molar-refractivity contribution < 1.29 is 9.59 Å². The summed E-state index contributed by atoms with van der Waals surface area (Å²) in [5.74, 6) is -0.108. The van der Waals surface area contributed by atoms with Crippen LogP contribution >= 0.6 is 0 Å². The van der Waals surface area contributed by atoms with Crippen molar-refractivity contribution >= 4 is 11.9 Å². The Hall–Kier alpha value is -1.88. The van der Waals surface area contributed by atoms with Crippen LogP contribution in [-0.4, -0.2) is 35.5 Å². The summed E-state index contributed by atoms with van der Waals surface area (Å²) in [7, 11) is 0. The van der Waals surface area contributed by atoms with Crippen molar-refractivity contribution in [3.8, 4) is 0 Å². The minimum absolute atomic E-state index is 0.108. The molecule has 2 fully saturated rings. The van der Waals surface area contributed by atoms with Crippen molar-refractivity contribution in [2.75, 3.05) is 13.1 Å². The van der Waals surface area contributed by atoms with E-state index in [9.17, 15) is 9.59 Å². The van der Waals surface area contributed by atoms with Crippen LogP contribution in [0.25, 0.3) is 0 Å². The minimum atomic E-state index is -0.707. The van der Waals surface area contributed by atoms with Crippen LogP contribution in [0.2, 0.25) is 0 Å². The average Bonchev–Trinajstić information content (AvgIpc) is 2.94. The maximum absolute atomic E-state index is 12.4. The minimum Gasteiger partial charge on any atom is -0.322 e. The smallest absolute Gasteiger partial charge is 0.322 e. The van der Waals surface area contributed by atoms with Crippen LogP contribution in [-0.2, 0) is 11.3 Å². The summed E-state index contributed by atoms with van der Waals surface area (Å²) in [4.78, 5) is 25.7. The number of amides is 3. The Balaban J connectivity index is 1.79. The van der Waals surface area contributed by atoms with Crippen molar-refractivity contribution in [1.29, 1.82) is 0 Å². The molecule has 1 spiro atoms. The normalized spacial score (nSPS) is 26.3. The summed E-state index contributed by atoms with van der Waals surface area (Å²) in [6.45, 7) is 3.65. The summed E-state index contributed by atoms with van der Waals surface area (Å²) in [6, 6.07) is 7.59. The highest BCUT2D eigenvalue weighted by atomic mass is 16.2. The lowest BCUT2D eigenvalue weighted by Crippen LogP contribution is -2.48. The van der Waals surface area contributed by atoms with E-state index >= 15 is 0 Å². The molecule has 3 amide bonds. The molecular weight excluding hydrogens is 242 g/mol. The number of carbonyl (C=O) groups is 2. The number of hydrogen-bond acceptors (Lipinski definition) is 3. The molecule has 0 aromatic heterocycles. The second-order valence-electron chi connectivity index (χ2n) is 5.32. The third-order valence-electron chi connectivity index (χ3n) is 3.86. The van der Waals surface area contributed by atoms with Gasteiger partial charge in [-0.25, -0.2) is 4.79 Å². The predicted octanol–water partition coefficient (Wildman–Crippen LogP) is 0.779. The zero-order valence-corrected chi connectivity index (χ0v) is 10.9. The van der Waals surface area contributed by atoms with Gasteiger partial charge in [0.15, 0.2) is 0 Å². The van der Waals surface area contributed by atoms with Crippen molar-refractivity contribution in [3.63, 3.8) is 0 Å². The first kappa shape index (κ1) is 12.2. The number of benzene rings is 1. The van der Waals surface area contributed by atoms with E-state index in [0.29, 0.717) is 19.5 Å². The maximum atomic E-state index is 12.4.